The van der Waals surface area contributed by atoms with Gasteiger partial charge in [0.1, 0.15) is 5.75 Å². The van der Waals surface area contributed by atoms with Crippen molar-refractivity contribution in [2.24, 2.45) is 11.8 Å². The van der Waals surface area contributed by atoms with Crippen molar-refractivity contribution in [2.75, 3.05) is 7.11 Å². The lowest BCUT2D eigenvalue weighted by Gasteiger charge is -2.39. The Morgan fingerprint density at radius 3 is 2.74 bits per heavy atom. The van der Waals surface area contributed by atoms with E-state index in [1.165, 1.54) is 0 Å². The van der Waals surface area contributed by atoms with E-state index in [0.29, 0.717) is 23.3 Å². The molecule has 0 amide bonds. The number of hydrogen-bond donors (Lipinski definition) is 1. The molecule has 106 valence electrons. The molecule has 19 heavy (non-hydrogen) atoms. The van der Waals surface area contributed by atoms with Crippen LogP contribution in [-0.4, -0.2) is 17.8 Å². The van der Waals surface area contributed by atoms with Crippen LogP contribution in [-0.2, 0) is 6.42 Å². The Bertz CT molecular complexity index is 446. The van der Waals surface area contributed by atoms with Gasteiger partial charge >= 0.3 is 0 Å². The number of ether oxygens (including phenoxy) is 1. The van der Waals surface area contributed by atoms with Gasteiger partial charge in [0.25, 0.3) is 0 Å². The summed E-state index contributed by atoms with van der Waals surface area (Å²) in [6.07, 6.45) is 3.41. The lowest BCUT2D eigenvalue weighted by molar-refractivity contribution is -0.0282. The molecule has 2 rings (SSSR count). The molecular formula is C16H23ClO2. The van der Waals surface area contributed by atoms with Crippen molar-refractivity contribution in [3.05, 3.63) is 28.8 Å². The molecule has 1 aromatic rings. The van der Waals surface area contributed by atoms with Crippen LogP contribution < -0.4 is 4.74 Å². The molecule has 0 spiro atoms. The predicted octanol–water partition coefficient (Wildman–Crippen LogP) is 4.08. The van der Waals surface area contributed by atoms with Crippen LogP contribution in [0.2, 0.25) is 5.02 Å². The zero-order chi connectivity index (χ0) is 14.0. The van der Waals surface area contributed by atoms with Gasteiger partial charge in [-0.3, -0.25) is 0 Å². The average Bonchev–Trinajstić information content (AvgIpc) is 2.35. The molecule has 1 aliphatic carbocycles. The highest BCUT2D eigenvalue weighted by Gasteiger charge is 2.36. The standard InChI is InChI=1S/C16H23ClO2/c1-11-6-7-16(18,9-12(11)2)10-13-8-14(17)4-5-15(13)19-3/h4-5,8,11-12,18H,6-7,9-10H2,1-3H3. The third kappa shape index (κ3) is 3.43. The van der Waals surface area contributed by atoms with Crippen LogP contribution in [0.15, 0.2) is 18.2 Å². The molecule has 0 aliphatic heterocycles. The summed E-state index contributed by atoms with van der Waals surface area (Å²) in [5.41, 5.74) is 0.378. The molecule has 0 heterocycles. The van der Waals surface area contributed by atoms with Gasteiger partial charge in [-0.2, -0.15) is 0 Å². The Kier molecular flexibility index (Phi) is 4.42. The van der Waals surface area contributed by atoms with Crippen molar-refractivity contribution in [1.29, 1.82) is 0 Å². The van der Waals surface area contributed by atoms with Crippen LogP contribution in [0.1, 0.15) is 38.7 Å². The van der Waals surface area contributed by atoms with Gasteiger partial charge in [-0.15, -0.1) is 0 Å². The highest BCUT2D eigenvalue weighted by Crippen LogP contribution is 2.39. The summed E-state index contributed by atoms with van der Waals surface area (Å²) in [7, 11) is 1.66. The van der Waals surface area contributed by atoms with Gasteiger partial charge in [0.2, 0.25) is 0 Å². The van der Waals surface area contributed by atoms with Gasteiger partial charge in [-0.1, -0.05) is 25.4 Å². The molecular weight excluding hydrogens is 260 g/mol. The van der Waals surface area contributed by atoms with Gasteiger partial charge in [0, 0.05) is 11.4 Å². The van der Waals surface area contributed by atoms with Crippen molar-refractivity contribution < 1.29 is 9.84 Å². The van der Waals surface area contributed by atoms with E-state index in [1.807, 2.05) is 18.2 Å². The molecule has 3 heteroatoms. The minimum Gasteiger partial charge on any atom is -0.496 e. The van der Waals surface area contributed by atoms with Crippen LogP contribution in [0.25, 0.3) is 0 Å². The number of halogens is 1. The normalized spacial score (nSPS) is 31.2. The van der Waals surface area contributed by atoms with E-state index in [2.05, 4.69) is 13.8 Å². The summed E-state index contributed by atoms with van der Waals surface area (Å²) in [5, 5.41) is 11.5. The third-order valence-electron chi connectivity index (χ3n) is 4.50. The minimum absolute atomic E-state index is 0.559. The second-order valence-electron chi connectivity index (χ2n) is 6.05. The number of rotatable bonds is 3. The highest BCUT2D eigenvalue weighted by molar-refractivity contribution is 6.30. The SMILES string of the molecule is COc1ccc(Cl)cc1CC1(O)CCC(C)C(C)C1. The Balaban J connectivity index is 2.18. The van der Waals surface area contributed by atoms with E-state index in [4.69, 9.17) is 16.3 Å². The summed E-state index contributed by atoms with van der Waals surface area (Å²) in [6.45, 7) is 4.49. The summed E-state index contributed by atoms with van der Waals surface area (Å²) >= 11 is 6.05. The number of hydrogen-bond acceptors (Lipinski definition) is 2. The van der Waals surface area contributed by atoms with E-state index < -0.39 is 5.60 Å². The van der Waals surface area contributed by atoms with Gasteiger partial charge in [-0.05, 0) is 54.9 Å². The lowest BCUT2D eigenvalue weighted by atomic mass is 9.71. The predicted molar refractivity (Wildman–Crippen MR) is 78.8 cm³/mol. The van der Waals surface area contributed by atoms with E-state index in [0.717, 1.165) is 30.6 Å². The first-order valence-corrected chi connectivity index (χ1v) is 7.36. The lowest BCUT2D eigenvalue weighted by Crippen LogP contribution is -2.39. The van der Waals surface area contributed by atoms with E-state index in [9.17, 15) is 5.11 Å². The van der Waals surface area contributed by atoms with E-state index in [-0.39, 0.29) is 0 Å². The van der Waals surface area contributed by atoms with E-state index >= 15 is 0 Å². The Morgan fingerprint density at radius 1 is 1.37 bits per heavy atom. The number of benzene rings is 1. The molecule has 3 atom stereocenters. The molecule has 1 aromatic carbocycles. The zero-order valence-electron chi connectivity index (χ0n) is 11.9. The molecule has 0 aromatic heterocycles. The minimum atomic E-state index is -0.621. The Hall–Kier alpha value is -0.730. The molecule has 2 nitrogen and oxygen atoms in total. The largest absolute Gasteiger partial charge is 0.496 e. The maximum atomic E-state index is 10.8. The molecule has 1 N–H and O–H groups in total. The van der Waals surface area contributed by atoms with Crippen LogP contribution in [0.3, 0.4) is 0 Å². The fourth-order valence-electron chi connectivity index (χ4n) is 3.08. The van der Waals surface area contributed by atoms with Gasteiger partial charge in [0.05, 0.1) is 12.7 Å². The van der Waals surface area contributed by atoms with Crippen molar-refractivity contribution in [2.45, 2.75) is 45.1 Å². The van der Waals surface area contributed by atoms with Crippen molar-refractivity contribution in [3.63, 3.8) is 0 Å². The first-order chi connectivity index (χ1) is 8.93. The van der Waals surface area contributed by atoms with E-state index in [1.54, 1.807) is 7.11 Å². The van der Waals surface area contributed by atoms with Crippen LogP contribution in [0, 0.1) is 11.8 Å². The molecule has 1 saturated carbocycles. The maximum Gasteiger partial charge on any atom is 0.122 e. The summed E-state index contributed by atoms with van der Waals surface area (Å²) in [5.74, 6) is 2.06. The molecule has 0 saturated heterocycles. The Morgan fingerprint density at radius 2 is 2.11 bits per heavy atom. The average molecular weight is 283 g/mol. The van der Waals surface area contributed by atoms with Gasteiger partial charge in [0.15, 0.2) is 0 Å². The molecule has 0 bridgehead atoms. The zero-order valence-corrected chi connectivity index (χ0v) is 12.7. The van der Waals surface area contributed by atoms with Crippen molar-refractivity contribution >= 4 is 11.6 Å². The smallest absolute Gasteiger partial charge is 0.122 e. The van der Waals surface area contributed by atoms with Gasteiger partial charge in [-0.25, -0.2) is 0 Å². The first-order valence-electron chi connectivity index (χ1n) is 6.98. The van der Waals surface area contributed by atoms with Crippen LogP contribution >= 0.6 is 11.6 Å². The quantitative estimate of drug-likeness (QED) is 0.905. The third-order valence-corrected chi connectivity index (χ3v) is 4.74. The van der Waals surface area contributed by atoms with Crippen LogP contribution in [0.4, 0.5) is 0 Å². The fourth-order valence-corrected chi connectivity index (χ4v) is 3.28. The summed E-state index contributed by atoms with van der Waals surface area (Å²) in [4.78, 5) is 0. The summed E-state index contributed by atoms with van der Waals surface area (Å²) < 4.78 is 5.37. The number of methoxy groups -OCH3 is 1. The van der Waals surface area contributed by atoms with Gasteiger partial charge < -0.3 is 9.84 Å². The second-order valence-corrected chi connectivity index (χ2v) is 6.49. The monoisotopic (exact) mass is 282 g/mol. The summed E-state index contributed by atoms with van der Waals surface area (Å²) in [6, 6.07) is 5.59. The molecule has 1 aliphatic rings. The first kappa shape index (κ1) is 14.7. The fraction of sp³-hybridized carbons (Fsp3) is 0.625. The molecule has 3 unspecified atom stereocenters. The topological polar surface area (TPSA) is 29.5 Å². The van der Waals surface area contributed by atoms with Crippen molar-refractivity contribution in [3.8, 4) is 5.75 Å². The number of aliphatic hydroxyl groups is 1. The Labute approximate surface area is 120 Å². The molecule has 0 radical (unpaired) electrons. The molecule has 1 fully saturated rings. The van der Waals surface area contributed by atoms with Crippen LogP contribution in [0.5, 0.6) is 5.75 Å². The van der Waals surface area contributed by atoms with Crippen molar-refractivity contribution in [1.82, 2.24) is 0 Å². The second kappa shape index (κ2) is 5.72. The highest BCUT2D eigenvalue weighted by atomic mass is 35.5. The maximum absolute atomic E-state index is 10.8.